The van der Waals surface area contributed by atoms with Gasteiger partial charge in [0.15, 0.2) is 0 Å². The summed E-state index contributed by atoms with van der Waals surface area (Å²) in [6, 6.07) is 8.05. The van der Waals surface area contributed by atoms with Crippen LogP contribution < -0.4 is 5.73 Å². The van der Waals surface area contributed by atoms with E-state index in [1.165, 1.54) is 5.56 Å². The zero-order valence-electron chi connectivity index (χ0n) is 7.03. The van der Waals surface area contributed by atoms with Gasteiger partial charge in [-0.05, 0) is 30.0 Å². The van der Waals surface area contributed by atoms with Crippen LogP contribution >= 0.6 is 15.9 Å². The summed E-state index contributed by atoms with van der Waals surface area (Å²) in [4.78, 5) is 10.8. The molecule has 1 fully saturated rings. The minimum absolute atomic E-state index is 0.0642. The second-order valence-electron chi connectivity index (χ2n) is 3.41. The van der Waals surface area contributed by atoms with Crippen LogP contribution in [0.25, 0.3) is 0 Å². The Morgan fingerprint density at radius 3 is 2.85 bits per heavy atom. The van der Waals surface area contributed by atoms with E-state index in [0.717, 1.165) is 10.9 Å². The van der Waals surface area contributed by atoms with Crippen molar-refractivity contribution in [1.29, 1.82) is 0 Å². The maximum Gasteiger partial charge on any atom is 0.221 e. The van der Waals surface area contributed by atoms with E-state index in [1.807, 2.05) is 24.3 Å². The molecule has 68 valence electrons. The van der Waals surface area contributed by atoms with Gasteiger partial charge in [-0.25, -0.2) is 0 Å². The maximum atomic E-state index is 10.8. The molecule has 1 saturated carbocycles. The molecule has 0 bridgehead atoms. The number of primary amides is 1. The van der Waals surface area contributed by atoms with Crippen LogP contribution in [0.4, 0.5) is 0 Å². The molecule has 2 nitrogen and oxygen atoms in total. The summed E-state index contributed by atoms with van der Waals surface area (Å²) in [7, 11) is 0. The van der Waals surface area contributed by atoms with Crippen LogP contribution in [0.2, 0.25) is 0 Å². The smallest absolute Gasteiger partial charge is 0.221 e. The van der Waals surface area contributed by atoms with Gasteiger partial charge in [0, 0.05) is 10.4 Å². The average molecular weight is 240 g/mol. The molecule has 0 heterocycles. The standard InChI is InChI=1S/C10H10BrNO/c11-7-3-1-2-6(4-7)8-5-9(8)10(12)13/h1-4,8-9H,5H2,(H2,12,13)/t8-,9+/m0/s1. The van der Waals surface area contributed by atoms with Crippen LogP contribution in [0.1, 0.15) is 17.9 Å². The van der Waals surface area contributed by atoms with Gasteiger partial charge < -0.3 is 5.73 Å². The van der Waals surface area contributed by atoms with Crippen LogP contribution in [0.15, 0.2) is 28.7 Å². The lowest BCUT2D eigenvalue weighted by Gasteiger charge is -1.98. The first-order valence-corrected chi connectivity index (χ1v) is 5.02. The minimum atomic E-state index is -0.176. The van der Waals surface area contributed by atoms with Crippen molar-refractivity contribution in [3.05, 3.63) is 34.3 Å². The van der Waals surface area contributed by atoms with Crippen molar-refractivity contribution < 1.29 is 4.79 Å². The van der Waals surface area contributed by atoms with Gasteiger partial charge in [0.2, 0.25) is 5.91 Å². The fourth-order valence-electron chi connectivity index (χ4n) is 1.62. The van der Waals surface area contributed by atoms with Crippen molar-refractivity contribution in [3.8, 4) is 0 Å². The van der Waals surface area contributed by atoms with Gasteiger partial charge in [0.1, 0.15) is 0 Å². The Morgan fingerprint density at radius 2 is 2.31 bits per heavy atom. The first-order valence-electron chi connectivity index (χ1n) is 4.23. The zero-order chi connectivity index (χ0) is 9.42. The number of halogens is 1. The van der Waals surface area contributed by atoms with E-state index >= 15 is 0 Å². The molecule has 2 N–H and O–H groups in total. The number of hydrogen-bond acceptors (Lipinski definition) is 1. The van der Waals surface area contributed by atoms with Crippen LogP contribution in [0.5, 0.6) is 0 Å². The van der Waals surface area contributed by atoms with Crippen molar-refractivity contribution >= 4 is 21.8 Å². The van der Waals surface area contributed by atoms with Crippen molar-refractivity contribution in [2.75, 3.05) is 0 Å². The third-order valence-electron chi connectivity index (χ3n) is 2.43. The lowest BCUT2D eigenvalue weighted by Crippen LogP contribution is -2.13. The summed E-state index contributed by atoms with van der Waals surface area (Å²) in [6.07, 6.45) is 0.909. The van der Waals surface area contributed by atoms with Gasteiger partial charge in [0.05, 0.1) is 0 Å². The molecule has 0 saturated heterocycles. The molecule has 0 aromatic heterocycles. The zero-order valence-corrected chi connectivity index (χ0v) is 8.62. The molecule has 1 aromatic carbocycles. The van der Waals surface area contributed by atoms with E-state index in [1.54, 1.807) is 0 Å². The van der Waals surface area contributed by atoms with E-state index in [4.69, 9.17) is 5.73 Å². The van der Waals surface area contributed by atoms with E-state index in [-0.39, 0.29) is 11.8 Å². The van der Waals surface area contributed by atoms with Gasteiger partial charge in [-0.1, -0.05) is 28.1 Å². The topological polar surface area (TPSA) is 43.1 Å². The SMILES string of the molecule is NC(=O)[C@@H]1C[C@H]1c1cccc(Br)c1. The molecule has 3 heteroatoms. The predicted octanol–water partition coefficient (Wildman–Crippen LogP) is 2.04. The third-order valence-corrected chi connectivity index (χ3v) is 2.93. The molecule has 0 radical (unpaired) electrons. The summed E-state index contributed by atoms with van der Waals surface area (Å²) in [5, 5.41) is 0. The first kappa shape index (κ1) is 8.75. The number of benzene rings is 1. The largest absolute Gasteiger partial charge is 0.369 e. The van der Waals surface area contributed by atoms with Crippen molar-refractivity contribution in [3.63, 3.8) is 0 Å². The Bertz CT molecular complexity index is 351. The van der Waals surface area contributed by atoms with Crippen molar-refractivity contribution in [2.45, 2.75) is 12.3 Å². The highest BCUT2D eigenvalue weighted by Gasteiger charge is 2.42. The Labute approximate surface area is 85.3 Å². The predicted molar refractivity (Wildman–Crippen MR) is 54.2 cm³/mol. The highest BCUT2D eigenvalue weighted by molar-refractivity contribution is 9.10. The number of nitrogens with two attached hydrogens (primary N) is 1. The summed E-state index contributed by atoms with van der Waals surface area (Å²) in [5.74, 6) is 0.245. The molecule has 0 aliphatic heterocycles. The summed E-state index contributed by atoms with van der Waals surface area (Å²) in [5.41, 5.74) is 6.42. The Morgan fingerprint density at radius 1 is 1.54 bits per heavy atom. The van der Waals surface area contributed by atoms with Gasteiger partial charge >= 0.3 is 0 Å². The van der Waals surface area contributed by atoms with Crippen molar-refractivity contribution in [1.82, 2.24) is 0 Å². The van der Waals surface area contributed by atoms with Gasteiger partial charge in [-0.3, -0.25) is 4.79 Å². The Balaban J connectivity index is 2.16. The van der Waals surface area contributed by atoms with E-state index < -0.39 is 0 Å². The molecule has 2 rings (SSSR count). The van der Waals surface area contributed by atoms with E-state index in [0.29, 0.717) is 5.92 Å². The van der Waals surface area contributed by atoms with Crippen molar-refractivity contribution in [2.24, 2.45) is 11.7 Å². The summed E-state index contributed by atoms with van der Waals surface area (Å²) in [6.45, 7) is 0. The fraction of sp³-hybridized carbons (Fsp3) is 0.300. The van der Waals surface area contributed by atoms with Gasteiger partial charge in [0.25, 0.3) is 0 Å². The molecule has 13 heavy (non-hydrogen) atoms. The molecule has 1 aromatic rings. The third kappa shape index (κ3) is 1.75. The molecule has 1 aliphatic rings. The maximum absolute atomic E-state index is 10.8. The molecule has 1 amide bonds. The number of amides is 1. The average Bonchev–Trinajstić information content (AvgIpc) is 2.82. The van der Waals surface area contributed by atoms with Crippen LogP contribution in [0.3, 0.4) is 0 Å². The van der Waals surface area contributed by atoms with Gasteiger partial charge in [-0.15, -0.1) is 0 Å². The minimum Gasteiger partial charge on any atom is -0.369 e. The molecule has 2 atom stereocenters. The van der Waals surface area contributed by atoms with Crippen LogP contribution in [-0.4, -0.2) is 5.91 Å². The summed E-state index contributed by atoms with van der Waals surface area (Å²) >= 11 is 3.40. The molecular formula is C10H10BrNO. The quantitative estimate of drug-likeness (QED) is 0.844. The second kappa shape index (κ2) is 3.14. The van der Waals surface area contributed by atoms with Gasteiger partial charge in [-0.2, -0.15) is 0 Å². The first-order chi connectivity index (χ1) is 6.18. The van der Waals surface area contributed by atoms with Crippen LogP contribution in [-0.2, 0) is 4.79 Å². The number of rotatable bonds is 2. The Kier molecular flexibility index (Phi) is 2.12. The lowest BCUT2D eigenvalue weighted by molar-refractivity contribution is -0.119. The molecule has 0 spiro atoms. The molecule has 0 unspecified atom stereocenters. The lowest BCUT2D eigenvalue weighted by atomic mass is 10.1. The normalized spacial score (nSPS) is 25.6. The Hall–Kier alpha value is -0.830. The summed E-state index contributed by atoms with van der Waals surface area (Å²) < 4.78 is 1.06. The highest BCUT2D eigenvalue weighted by atomic mass is 79.9. The number of carbonyl (C=O) groups excluding carboxylic acids is 1. The highest BCUT2D eigenvalue weighted by Crippen LogP contribution is 2.47. The molecular weight excluding hydrogens is 230 g/mol. The number of carbonyl (C=O) groups is 1. The molecule has 1 aliphatic carbocycles. The van der Waals surface area contributed by atoms with E-state index in [2.05, 4.69) is 15.9 Å². The van der Waals surface area contributed by atoms with E-state index in [9.17, 15) is 4.79 Å². The fourth-order valence-corrected chi connectivity index (χ4v) is 2.03. The second-order valence-corrected chi connectivity index (χ2v) is 4.32. The number of hydrogen-bond donors (Lipinski definition) is 1. The van der Waals surface area contributed by atoms with Crippen LogP contribution in [0, 0.1) is 5.92 Å². The monoisotopic (exact) mass is 239 g/mol.